The molecule has 3 heterocycles. The maximum Gasteiger partial charge on any atom is 0.231 e. The van der Waals surface area contributed by atoms with Crippen LogP contribution in [-0.4, -0.2) is 27.4 Å². The number of thioether (sulfide) groups is 1. The first-order valence-electron chi connectivity index (χ1n) is 10.8. The zero-order valence-electron chi connectivity index (χ0n) is 18.6. The Kier molecular flexibility index (Phi) is 6.46. The summed E-state index contributed by atoms with van der Waals surface area (Å²) < 4.78 is 32.8. The lowest BCUT2D eigenvalue weighted by molar-refractivity contribution is 0.174. The minimum Gasteiger partial charge on any atom is -0.486 e. The number of aromatic nitrogens is 3. The molecular formula is C25H14Cl3FN4O3S. The average molecular weight is 576 g/mol. The Morgan fingerprint density at radius 3 is 2.62 bits per heavy atom. The summed E-state index contributed by atoms with van der Waals surface area (Å²) in [5.41, 5.74) is 1.61. The van der Waals surface area contributed by atoms with Gasteiger partial charge in [-0.1, -0.05) is 40.9 Å². The van der Waals surface area contributed by atoms with Gasteiger partial charge in [-0.3, -0.25) is 0 Å². The van der Waals surface area contributed by atoms with Gasteiger partial charge >= 0.3 is 0 Å². The Labute approximate surface area is 229 Å². The van der Waals surface area contributed by atoms with Gasteiger partial charge < -0.3 is 14.2 Å². The molecule has 0 saturated carbocycles. The van der Waals surface area contributed by atoms with Crippen molar-refractivity contribution in [2.24, 2.45) is 5.10 Å². The van der Waals surface area contributed by atoms with E-state index in [0.29, 0.717) is 49.4 Å². The topological polar surface area (TPSA) is 70.8 Å². The molecule has 0 spiro atoms. The summed E-state index contributed by atoms with van der Waals surface area (Å²) in [6, 6.07) is 15.1. The molecule has 1 aromatic heterocycles. The molecular weight excluding hydrogens is 562 g/mol. The summed E-state index contributed by atoms with van der Waals surface area (Å²) in [6.45, 7) is 0.260. The fraction of sp³-hybridized carbons (Fsp3) is 0.0800. The number of hydrogen-bond acceptors (Lipinski definition) is 7. The van der Waals surface area contributed by atoms with Crippen molar-refractivity contribution in [1.82, 2.24) is 14.9 Å². The molecule has 3 aromatic carbocycles. The van der Waals surface area contributed by atoms with Gasteiger partial charge in [-0.25, -0.2) is 4.39 Å². The Morgan fingerprint density at radius 2 is 1.78 bits per heavy atom. The molecule has 37 heavy (non-hydrogen) atoms. The maximum atomic E-state index is 14.5. The van der Waals surface area contributed by atoms with Crippen LogP contribution in [0.5, 0.6) is 17.2 Å². The largest absolute Gasteiger partial charge is 0.486 e. The third-order valence-electron chi connectivity index (χ3n) is 5.45. The zero-order chi connectivity index (χ0) is 25.5. The lowest BCUT2D eigenvalue weighted by Crippen LogP contribution is -2.15. The van der Waals surface area contributed by atoms with E-state index in [1.54, 1.807) is 28.9 Å². The van der Waals surface area contributed by atoms with Crippen molar-refractivity contribution >= 4 is 58.4 Å². The number of hydrogen-bond donors (Lipinski definition) is 0. The van der Waals surface area contributed by atoms with E-state index in [9.17, 15) is 4.39 Å². The molecule has 0 aliphatic carbocycles. The van der Waals surface area contributed by atoms with Gasteiger partial charge in [0, 0.05) is 15.5 Å². The number of fused-ring (bicyclic) bond motifs is 2. The molecule has 0 radical (unpaired) electrons. The molecule has 0 bridgehead atoms. The van der Waals surface area contributed by atoms with E-state index in [1.807, 2.05) is 24.3 Å². The minimum absolute atomic E-state index is 0.0823. The molecule has 4 aromatic rings. The van der Waals surface area contributed by atoms with Crippen molar-refractivity contribution in [3.05, 3.63) is 97.3 Å². The summed E-state index contributed by atoms with van der Waals surface area (Å²) in [7, 11) is 0. The Morgan fingerprint density at radius 1 is 0.973 bits per heavy atom. The van der Waals surface area contributed by atoms with Crippen molar-refractivity contribution < 1.29 is 18.6 Å². The van der Waals surface area contributed by atoms with Crippen molar-refractivity contribution in [1.29, 1.82) is 0 Å². The van der Waals surface area contributed by atoms with Crippen LogP contribution >= 0.6 is 46.6 Å². The molecule has 12 heteroatoms. The fourth-order valence-corrected chi connectivity index (χ4v) is 5.22. The van der Waals surface area contributed by atoms with Crippen LogP contribution in [0.1, 0.15) is 17.0 Å². The smallest absolute Gasteiger partial charge is 0.231 e. The standard InChI is InChI=1S/C25H14Cl3FN4O3S/c26-14-2-4-15(5-3-14)34-11-23-30-31-25-33(23)32-24(16-9-19(29)18(28)10-17(16)27)22(37-25)8-13-1-6-20-21(7-13)36-12-35-20/h1-10H,11-12H2/b22-8-. The molecule has 6 rings (SSSR count). The van der Waals surface area contributed by atoms with Gasteiger partial charge in [0.2, 0.25) is 11.9 Å². The van der Waals surface area contributed by atoms with Gasteiger partial charge in [-0.05, 0) is 71.9 Å². The maximum absolute atomic E-state index is 14.5. The SMILES string of the molecule is Fc1cc(C2=Nn3c(COc4ccc(Cl)cc4)nnc3S/C2=C\c2ccc3c(c2)OCO3)c(Cl)cc1Cl. The second-order valence-corrected chi connectivity index (χ2v) is 10.1. The molecule has 0 fully saturated rings. The van der Waals surface area contributed by atoms with Gasteiger partial charge in [0.15, 0.2) is 17.3 Å². The zero-order valence-corrected chi connectivity index (χ0v) is 21.7. The van der Waals surface area contributed by atoms with E-state index in [4.69, 9.17) is 54.1 Å². The first-order chi connectivity index (χ1) is 17.9. The van der Waals surface area contributed by atoms with Crippen LogP contribution in [0.2, 0.25) is 15.1 Å². The molecule has 2 aliphatic rings. The first kappa shape index (κ1) is 24.1. The summed E-state index contributed by atoms with van der Waals surface area (Å²) in [5, 5.41) is 14.5. The monoisotopic (exact) mass is 574 g/mol. The molecule has 0 amide bonds. The number of halogens is 4. The van der Waals surface area contributed by atoms with Crippen LogP contribution < -0.4 is 14.2 Å². The highest BCUT2D eigenvalue weighted by Gasteiger charge is 2.27. The van der Waals surface area contributed by atoms with Crippen molar-refractivity contribution in [2.75, 3.05) is 6.79 Å². The van der Waals surface area contributed by atoms with E-state index in [1.165, 1.54) is 23.9 Å². The van der Waals surface area contributed by atoms with E-state index >= 15 is 0 Å². The predicted octanol–water partition coefficient (Wildman–Crippen LogP) is 7.08. The van der Waals surface area contributed by atoms with Gasteiger partial charge in [0.1, 0.15) is 23.9 Å². The van der Waals surface area contributed by atoms with Crippen LogP contribution in [0, 0.1) is 5.82 Å². The average Bonchev–Trinajstić information content (AvgIpc) is 3.52. The minimum atomic E-state index is -0.614. The first-order valence-corrected chi connectivity index (χ1v) is 12.8. The summed E-state index contributed by atoms with van der Waals surface area (Å²) >= 11 is 19.7. The van der Waals surface area contributed by atoms with Crippen molar-refractivity contribution in [3.8, 4) is 17.2 Å². The quantitative estimate of drug-likeness (QED) is 0.237. The number of nitrogens with zero attached hydrogens (tertiary/aromatic N) is 4. The summed E-state index contributed by atoms with van der Waals surface area (Å²) in [6.07, 6.45) is 1.89. The lowest BCUT2D eigenvalue weighted by Gasteiger charge is -2.18. The Bertz CT molecular complexity index is 1590. The van der Waals surface area contributed by atoms with Gasteiger partial charge in [-0.15, -0.1) is 10.2 Å². The van der Waals surface area contributed by atoms with Crippen LogP contribution in [0.3, 0.4) is 0 Å². The second kappa shape index (κ2) is 9.90. The number of benzene rings is 3. The lowest BCUT2D eigenvalue weighted by atomic mass is 10.1. The molecule has 7 nitrogen and oxygen atoms in total. The highest BCUT2D eigenvalue weighted by atomic mass is 35.5. The Hall–Kier alpha value is -3.24. The molecule has 0 atom stereocenters. The fourth-order valence-electron chi connectivity index (χ4n) is 3.67. The summed E-state index contributed by atoms with van der Waals surface area (Å²) in [4.78, 5) is 0.674. The molecule has 2 aliphatic heterocycles. The number of ether oxygens (including phenoxy) is 3. The third-order valence-corrected chi connectivity index (χ3v) is 7.27. The van der Waals surface area contributed by atoms with Crippen LogP contribution in [-0.2, 0) is 6.61 Å². The van der Waals surface area contributed by atoms with Crippen LogP contribution in [0.4, 0.5) is 4.39 Å². The van der Waals surface area contributed by atoms with Gasteiger partial charge in [0.25, 0.3) is 0 Å². The van der Waals surface area contributed by atoms with Crippen LogP contribution in [0.15, 0.2) is 69.8 Å². The van der Waals surface area contributed by atoms with E-state index in [-0.39, 0.29) is 23.4 Å². The molecule has 0 unspecified atom stereocenters. The molecule has 186 valence electrons. The highest BCUT2D eigenvalue weighted by molar-refractivity contribution is 8.04. The van der Waals surface area contributed by atoms with Gasteiger partial charge in [-0.2, -0.15) is 9.78 Å². The predicted molar refractivity (Wildman–Crippen MR) is 141 cm³/mol. The number of allylic oxidation sites excluding steroid dienone is 1. The molecule has 0 N–H and O–H groups in total. The van der Waals surface area contributed by atoms with Crippen molar-refractivity contribution in [3.63, 3.8) is 0 Å². The van der Waals surface area contributed by atoms with Crippen LogP contribution in [0.25, 0.3) is 6.08 Å². The van der Waals surface area contributed by atoms with E-state index in [2.05, 4.69) is 10.2 Å². The number of rotatable bonds is 5. The Balaban J connectivity index is 1.40. The second-order valence-electron chi connectivity index (χ2n) is 7.87. The van der Waals surface area contributed by atoms with Crippen molar-refractivity contribution in [2.45, 2.75) is 11.8 Å². The summed E-state index contributed by atoms with van der Waals surface area (Å²) in [5.74, 6) is 1.74. The normalized spacial score (nSPS) is 15.0. The van der Waals surface area contributed by atoms with E-state index in [0.717, 1.165) is 5.56 Å². The van der Waals surface area contributed by atoms with E-state index < -0.39 is 5.82 Å². The van der Waals surface area contributed by atoms with Gasteiger partial charge in [0.05, 0.1) is 10.0 Å². The highest BCUT2D eigenvalue weighted by Crippen LogP contribution is 2.39. The molecule has 0 saturated heterocycles. The third kappa shape index (κ3) is 4.87.